The summed E-state index contributed by atoms with van der Waals surface area (Å²) >= 11 is 6.85. The van der Waals surface area contributed by atoms with Crippen molar-refractivity contribution in [2.24, 2.45) is 10.8 Å². The summed E-state index contributed by atoms with van der Waals surface area (Å²) in [5, 5.41) is 0.953. The summed E-state index contributed by atoms with van der Waals surface area (Å²) in [6, 6.07) is 7.51. The third-order valence-corrected chi connectivity index (χ3v) is 7.56. The number of halogens is 1. The number of allylic oxidation sites excluding steroid dienone is 1. The molecule has 29 heavy (non-hydrogen) atoms. The maximum absolute atomic E-state index is 6.85. The Labute approximate surface area is 184 Å². The molecule has 2 saturated carbocycles. The van der Waals surface area contributed by atoms with Gasteiger partial charge in [0.05, 0.1) is 0 Å². The van der Waals surface area contributed by atoms with E-state index in [0.717, 1.165) is 18.0 Å². The molecule has 1 nitrogen and oxygen atoms in total. The number of nitrogens with zero attached hydrogens (tertiary/aromatic N) is 1. The second kappa shape index (κ2) is 9.04. The van der Waals surface area contributed by atoms with E-state index >= 15 is 0 Å². The Balaban J connectivity index is 1.71. The van der Waals surface area contributed by atoms with Crippen molar-refractivity contribution < 1.29 is 0 Å². The highest BCUT2D eigenvalue weighted by Gasteiger charge is 2.39. The van der Waals surface area contributed by atoms with Gasteiger partial charge < -0.3 is 4.90 Å². The van der Waals surface area contributed by atoms with Crippen LogP contribution in [0.15, 0.2) is 30.5 Å². The Morgan fingerprint density at radius 2 is 1.69 bits per heavy atom. The van der Waals surface area contributed by atoms with Crippen LogP contribution in [0.2, 0.25) is 5.02 Å². The van der Waals surface area contributed by atoms with Gasteiger partial charge in [-0.05, 0) is 73.0 Å². The molecular formula is C27H42ClN. The summed E-state index contributed by atoms with van der Waals surface area (Å²) in [4.78, 5) is 2.55. The molecule has 0 amide bonds. The van der Waals surface area contributed by atoms with E-state index in [2.05, 4.69) is 64.3 Å². The fourth-order valence-electron chi connectivity index (χ4n) is 6.55. The molecule has 162 valence electrons. The lowest BCUT2D eigenvalue weighted by Crippen LogP contribution is -2.36. The van der Waals surface area contributed by atoms with Crippen LogP contribution in [0.1, 0.15) is 103 Å². The molecule has 0 N–H and O–H groups in total. The molecule has 1 aromatic carbocycles. The first-order valence-electron chi connectivity index (χ1n) is 11.8. The van der Waals surface area contributed by atoms with Crippen molar-refractivity contribution >= 4 is 11.6 Å². The third-order valence-electron chi connectivity index (χ3n) is 7.23. The number of hydrogen-bond donors (Lipinski definition) is 0. The van der Waals surface area contributed by atoms with Crippen molar-refractivity contribution in [1.82, 2.24) is 4.90 Å². The van der Waals surface area contributed by atoms with E-state index in [1.165, 1.54) is 68.2 Å². The molecule has 0 radical (unpaired) electrons. The number of rotatable bonds is 6. The normalized spacial score (nSPS) is 22.4. The van der Waals surface area contributed by atoms with Gasteiger partial charge in [0, 0.05) is 29.7 Å². The van der Waals surface area contributed by atoms with Crippen molar-refractivity contribution in [2.75, 3.05) is 6.54 Å². The van der Waals surface area contributed by atoms with Crippen LogP contribution in [0.3, 0.4) is 0 Å². The van der Waals surface area contributed by atoms with Gasteiger partial charge in [-0.1, -0.05) is 77.3 Å². The van der Waals surface area contributed by atoms with Crippen LogP contribution in [0, 0.1) is 10.8 Å². The Morgan fingerprint density at radius 1 is 1.07 bits per heavy atom. The summed E-state index contributed by atoms with van der Waals surface area (Å²) in [5.74, 6) is 0.563. The Bertz CT molecular complexity index is 695. The van der Waals surface area contributed by atoms with Crippen LogP contribution in [-0.4, -0.2) is 17.5 Å². The van der Waals surface area contributed by atoms with E-state index in [1.807, 2.05) is 0 Å². The van der Waals surface area contributed by atoms with Crippen molar-refractivity contribution in [1.29, 1.82) is 0 Å². The minimum Gasteiger partial charge on any atom is -0.372 e. The molecule has 2 aliphatic carbocycles. The fourth-order valence-corrected chi connectivity index (χ4v) is 6.90. The lowest BCUT2D eigenvalue weighted by Gasteiger charge is -2.45. The first-order valence-corrected chi connectivity index (χ1v) is 12.2. The SMILES string of the molecule is C=C(Cc1ccc(C2CC(C)(C)CC(C)(C)C2)c(Cl)c1)N(CC)C1CCCCC1. The molecule has 2 heteroatoms. The lowest BCUT2D eigenvalue weighted by molar-refractivity contribution is 0.0969. The Morgan fingerprint density at radius 3 is 2.24 bits per heavy atom. The molecule has 0 atom stereocenters. The predicted octanol–water partition coefficient (Wildman–Crippen LogP) is 8.37. The van der Waals surface area contributed by atoms with Gasteiger partial charge >= 0.3 is 0 Å². The molecule has 0 aliphatic heterocycles. The van der Waals surface area contributed by atoms with Gasteiger partial charge in [0.25, 0.3) is 0 Å². The maximum atomic E-state index is 6.85. The van der Waals surface area contributed by atoms with Crippen LogP contribution in [0.5, 0.6) is 0 Å². The second-order valence-corrected chi connectivity index (χ2v) is 11.7. The quantitative estimate of drug-likeness (QED) is 0.450. The standard InChI is InChI=1S/C27H42ClN/c1-7-29(23-11-9-8-10-12-23)20(2)15-21-13-14-24(25(28)16-21)22-17-26(3,4)19-27(5,6)18-22/h13-14,16,22-23H,2,7-12,15,17-19H2,1,3-6H3. The van der Waals surface area contributed by atoms with Crippen LogP contribution in [0.4, 0.5) is 0 Å². The minimum atomic E-state index is 0.379. The van der Waals surface area contributed by atoms with Gasteiger partial charge in [-0.3, -0.25) is 0 Å². The molecule has 0 heterocycles. The Hall–Kier alpha value is -0.950. The number of hydrogen-bond acceptors (Lipinski definition) is 1. The molecular weight excluding hydrogens is 374 g/mol. The van der Waals surface area contributed by atoms with E-state index < -0.39 is 0 Å². The van der Waals surface area contributed by atoms with Crippen molar-refractivity contribution in [3.05, 3.63) is 46.6 Å². The topological polar surface area (TPSA) is 3.24 Å². The van der Waals surface area contributed by atoms with E-state index in [9.17, 15) is 0 Å². The molecule has 0 unspecified atom stereocenters. The molecule has 2 fully saturated rings. The van der Waals surface area contributed by atoms with Crippen LogP contribution in [0.25, 0.3) is 0 Å². The highest BCUT2D eigenvalue weighted by Crippen LogP contribution is 2.52. The van der Waals surface area contributed by atoms with Crippen molar-refractivity contribution in [3.8, 4) is 0 Å². The number of benzene rings is 1. The number of likely N-dealkylation sites (N-methyl/N-ethyl adjacent to an activating group) is 1. The van der Waals surface area contributed by atoms with Crippen molar-refractivity contribution in [3.63, 3.8) is 0 Å². The van der Waals surface area contributed by atoms with Crippen molar-refractivity contribution in [2.45, 2.75) is 104 Å². The Kier molecular flexibility index (Phi) is 7.09. The molecule has 0 bridgehead atoms. The van der Waals surface area contributed by atoms with E-state index in [-0.39, 0.29) is 0 Å². The third kappa shape index (κ3) is 5.81. The zero-order chi connectivity index (χ0) is 21.2. The summed E-state index contributed by atoms with van der Waals surface area (Å²) in [6.45, 7) is 17.4. The van der Waals surface area contributed by atoms with E-state index in [0.29, 0.717) is 22.8 Å². The molecule has 0 spiro atoms. The smallest absolute Gasteiger partial charge is 0.0443 e. The van der Waals surface area contributed by atoms with Gasteiger partial charge in [-0.2, -0.15) is 0 Å². The zero-order valence-electron chi connectivity index (χ0n) is 19.5. The molecule has 3 rings (SSSR count). The van der Waals surface area contributed by atoms with Crippen LogP contribution in [-0.2, 0) is 6.42 Å². The highest BCUT2D eigenvalue weighted by atomic mass is 35.5. The average molecular weight is 416 g/mol. The fraction of sp³-hybridized carbons (Fsp3) is 0.704. The summed E-state index contributed by atoms with van der Waals surface area (Å²) in [6.07, 6.45) is 11.4. The summed E-state index contributed by atoms with van der Waals surface area (Å²) in [7, 11) is 0. The molecule has 0 aromatic heterocycles. The van der Waals surface area contributed by atoms with Gasteiger partial charge in [-0.25, -0.2) is 0 Å². The largest absolute Gasteiger partial charge is 0.372 e. The van der Waals surface area contributed by atoms with Gasteiger partial charge in [0.1, 0.15) is 0 Å². The summed E-state index contributed by atoms with van der Waals surface area (Å²) < 4.78 is 0. The zero-order valence-corrected chi connectivity index (χ0v) is 20.2. The average Bonchev–Trinajstić information content (AvgIpc) is 2.60. The van der Waals surface area contributed by atoms with Crippen LogP contribution < -0.4 is 0 Å². The monoisotopic (exact) mass is 415 g/mol. The van der Waals surface area contributed by atoms with E-state index in [4.69, 9.17) is 11.6 Å². The predicted molar refractivity (Wildman–Crippen MR) is 128 cm³/mol. The maximum Gasteiger partial charge on any atom is 0.0443 e. The molecule has 1 aromatic rings. The highest BCUT2D eigenvalue weighted by molar-refractivity contribution is 6.31. The lowest BCUT2D eigenvalue weighted by atomic mass is 9.60. The molecule has 2 aliphatic rings. The van der Waals surface area contributed by atoms with Gasteiger partial charge in [0.15, 0.2) is 0 Å². The minimum absolute atomic E-state index is 0.379. The van der Waals surface area contributed by atoms with E-state index in [1.54, 1.807) is 0 Å². The second-order valence-electron chi connectivity index (χ2n) is 11.3. The molecule has 0 saturated heterocycles. The van der Waals surface area contributed by atoms with Gasteiger partial charge in [0.2, 0.25) is 0 Å². The van der Waals surface area contributed by atoms with Crippen LogP contribution >= 0.6 is 11.6 Å². The first-order chi connectivity index (χ1) is 13.6. The van der Waals surface area contributed by atoms with Gasteiger partial charge in [-0.15, -0.1) is 0 Å². The summed E-state index contributed by atoms with van der Waals surface area (Å²) in [5.41, 5.74) is 4.66. The first kappa shape index (κ1) is 22.7.